The molecule has 0 unspecified atom stereocenters. The summed E-state index contributed by atoms with van der Waals surface area (Å²) in [6.45, 7) is 3.95. The van der Waals surface area contributed by atoms with Gasteiger partial charge in [0, 0.05) is 11.1 Å². The van der Waals surface area contributed by atoms with Gasteiger partial charge in [0.2, 0.25) is 0 Å². The highest BCUT2D eigenvalue weighted by atomic mass is 35.5. The molecule has 3 aromatic heterocycles. The Morgan fingerprint density at radius 2 is 2.24 bits per heavy atom. The Morgan fingerprint density at radius 3 is 3.00 bits per heavy atom. The fourth-order valence-corrected chi connectivity index (χ4v) is 4.07. The van der Waals surface area contributed by atoms with Crippen molar-refractivity contribution in [2.24, 2.45) is 0 Å². The topological polar surface area (TPSA) is 58.6 Å². The van der Waals surface area contributed by atoms with Gasteiger partial charge in [-0.3, -0.25) is 4.79 Å². The summed E-state index contributed by atoms with van der Waals surface area (Å²) in [7, 11) is 0. The third-order valence-corrected chi connectivity index (χ3v) is 5.69. The number of pyridine rings is 1. The zero-order valence-corrected chi connectivity index (χ0v) is 13.8. The van der Waals surface area contributed by atoms with Gasteiger partial charge in [-0.25, -0.2) is 9.97 Å². The van der Waals surface area contributed by atoms with Crippen molar-refractivity contribution >= 4 is 44.9 Å². The molecule has 4 nitrogen and oxygen atoms in total. The van der Waals surface area contributed by atoms with E-state index in [4.69, 9.17) is 11.6 Å². The molecule has 0 radical (unpaired) electrons. The monoisotopic (exact) mass is 337 g/mol. The average Bonchev–Trinajstić information content (AvgIpc) is 2.73. The maximum atomic E-state index is 12.2. The summed E-state index contributed by atoms with van der Waals surface area (Å²) in [5.74, 6) is 1.17. The number of thioether (sulfide) groups is 1. The van der Waals surface area contributed by atoms with Gasteiger partial charge in [0.05, 0.1) is 16.2 Å². The van der Waals surface area contributed by atoms with Crippen LogP contribution in [0.25, 0.3) is 10.2 Å². The van der Waals surface area contributed by atoms with Crippen LogP contribution in [0.3, 0.4) is 0 Å². The fraction of sp³-hybridized carbons (Fsp3) is 0.214. The number of hydrogen-bond donors (Lipinski definition) is 1. The van der Waals surface area contributed by atoms with Gasteiger partial charge in [-0.05, 0) is 31.5 Å². The molecule has 0 bridgehead atoms. The number of aromatic nitrogens is 3. The first kappa shape index (κ1) is 14.6. The number of hydrogen-bond acceptors (Lipinski definition) is 5. The second kappa shape index (κ2) is 5.79. The second-order valence-electron chi connectivity index (χ2n) is 4.56. The molecule has 0 spiro atoms. The first-order valence-electron chi connectivity index (χ1n) is 6.28. The van der Waals surface area contributed by atoms with Crippen LogP contribution in [0.2, 0.25) is 5.02 Å². The second-order valence-corrected chi connectivity index (χ2v) is 7.13. The van der Waals surface area contributed by atoms with E-state index in [0.29, 0.717) is 22.0 Å². The van der Waals surface area contributed by atoms with Crippen molar-refractivity contribution in [1.82, 2.24) is 15.0 Å². The smallest absolute Gasteiger partial charge is 0.259 e. The summed E-state index contributed by atoms with van der Waals surface area (Å²) in [5, 5.41) is 2.04. The largest absolute Gasteiger partial charge is 0.309 e. The maximum absolute atomic E-state index is 12.2. The molecule has 0 atom stereocenters. The van der Waals surface area contributed by atoms with Crippen LogP contribution in [0.15, 0.2) is 28.2 Å². The molecule has 0 aromatic carbocycles. The predicted octanol–water partition coefficient (Wildman–Crippen LogP) is 3.94. The minimum absolute atomic E-state index is 0.0791. The zero-order chi connectivity index (χ0) is 15.0. The quantitative estimate of drug-likeness (QED) is 0.735. The van der Waals surface area contributed by atoms with E-state index in [-0.39, 0.29) is 5.56 Å². The number of aryl methyl sites for hydroxylation is 2. The first-order valence-corrected chi connectivity index (χ1v) is 8.46. The van der Waals surface area contributed by atoms with Crippen LogP contribution < -0.4 is 5.56 Å². The predicted molar refractivity (Wildman–Crippen MR) is 88.5 cm³/mol. The summed E-state index contributed by atoms with van der Waals surface area (Å²) in [5.41, 5.74) is 0.931. The van der Waals surface area contributed by atoms with Crippen LogP contribution in [-0.4, -0.2) is 15.0 Å². The van der Waals surface area contributed by atoms with Crippen molar-refractivity contribution in [3.8, 4) is 0 Å². The summed E-state index contributed by atoms with van der Waals surface area (Å²) in [4.78, 5) is 25.7. The summed E-state index contributed by atoms with van der Waals surface area (Å²) >= 11 is 9.07. The van der Waals surface area contributed by atoms with E-state index in [1.807, 2.05) is 13.8 Å². The molecule has 3 aromatic rings. The molecule has 0 saturated carbocycles. The van der Waals surface area contributed by atoms with Crippen LogP contribution in [0.4, 0.5) is 0 Å². The molecule has 3 rings (SSSR count). The Balaban J connectivity index is 1.92. The van der Waals surface area contributed by atoms with Crippen molar-refractivity contribution < 1.29 is 0 Å². The van der Waals surface area contributed by atoms with Crippen LogP contribution in [0.5, 0.6) is 0 Å². The van der Waals surface area contributed by atoms with E-state index in [1.54, 1.807) is 29.7 Å². The lowest BCUT2D eigenvalue weighted by molar-refractivity contribution is 1.04. The molecular weight excluding hydrogens is 326 g/mol. The number of aromatic amines is 1. The van der Waals surface area contributed by atoms with Gasteiger partial charge in [-0.2, -0.15) is 0 Å². The Kier molecular flexibility index (Phi) is 4.01. The number of halogens is 1. The number of fused-ring (bicyclic) bond motifs is 1. The van der Waals surface area contributed by atoms with Gasteiger partial charge in [0.15, 0.2) is 0 Å². The van der Waals surface area contributed by atoms with E-state index in [2.05, 4.69) is 15.0 Å². The van der Waals surface area contributed by atoms with E-state index < -0.39 is 0 Å². The normalized spacial score (nSPS) is 11.2. The lowest BCUT2D eigenvalue weighted by Gasteiger charge is -2.02. The van der Waals surface area contributed by atoms with Gasteiger partial charge < -0.3 is 4.98 Å². The first-order chi connectivity index (χ1) is 10.1. The highest BCUT2D eigenvalue weighted by molar-refractivity contribution is 7.98. The summed E-state index contributed by atoms with van der Waals surface area (Å²) in [6, 6.07) is 3.58. The molecule has 3 heterocycles. The SMILES string of the molecule is Cc1sc2nc(CSc3ncccc3Cl)[nH]c(=O)c2c1C. The van der Waals surface area contributed by atoms with Crippen molar-refractivity contribution in [2.75, 3.05) is 0 Å². The minimum Gasteiger partial charge on any atom is -0.309 e. The highest BCUT2D eigenvalue weighted by Gasteiger charge is 2.12. The minimum atomic E-state index is -0.0791. The Bertz CT molecular complexity index is 872. The Hall–Kier alpha value is -1.37. The molecule has 21 heavy (non-hydrogen) atoms. The maximum Gasteiger partial charge on any atom is 0.259 e. The van der Waals surface area contributed by atoms with Crippen molar-refractivity contribution in [3.63, 3.8) is 0 Å². The van der Waals surface area contributed by atoms with Crippen LogP contribution >= 0.6 is 34.7 Å². The molecule has 0 amide bonds. The molecular formula is C14H12ClN3OS2. The third-order valence-electron chi connectivity index (χ3n) is 3.16. The van der Waals surface area contributed by atoms with Crippen LogP contribution in [-0.2, 0) is 5.75 Å². The molecule has 0 aliphatic rings. The van der Waals surface area contributed by atoms with Gasteiger partial charge in [-0.1, -0.05) is 23.4 Å². The molecule has 7 heteroatoms. The van der Waals surface area contributed by atoms with Crippen LogP contribution in [0.1, 0.15) is 16.3 Å². The zero-order valence-electron chi connectivity index (χ0n) is 11.4. The van der Waals surface area contributed by atoms with E-state index in [1.165, 1.54) is 11.8 Å². The average molecular weight is 338 g/mol. The number of H-pyrrole nitrogens is 1. The van der Waals surface area contributed by atoms with E-state index >= 15 is 0 Å². The molecule has 108 valence electrons. The van der Waals surface area contributed by atoms with Gasteiger partial charge in [-0.15, -0.1) is 11.3 Å². The van der Waals surface area contributed by atoms with Crippen molar-refractivity contribution in [3.05, 3.63) is 50.0 Å². The van der Waals surface area contributed by atoms with Crippen molar-refractivity contribution in [2.45, 2.75) is 24.6 Å². The molecule has 0 saturated heterocycles. The van der Waals surface area contributed by atoms with E-state index in [0.717, 1.165) is 20.3 Å². The highest BCUT2D eigenvalue weighted by Crippen LogP contribution is 2.28. The Morgan fingerprint density at radius 1 is 1.43 bits per heavy atom. The molecule has 1 N–H and O–H groups in total. The number of thiophene rings is 1. The number of nitrogens with zero attached hydrogens (tertiary/aromatic N) is 2. The lowest BCUT2D eigenvalue weighted by atomic mass is 10.2. The number of nitrogens with one attached hydrogen (secondary N) is 1. The third kappa shape index (κ3) is 2.84. The number of rotatable bonds is 3. The standard InChI is InChI=1S/C14H12ClN3OS2/c1-7-8(2)21-14-11(7)12(19)17-10(18-14)6-20-13-9(15)4-3-5-16-13/h3-5H,6H2,1-2H3,(H,17,18,19). The van der Waals surface area contributed by atoms with Crippen molar-refractivity contribution in [1.29, 1.82) is 0 Å². The van der Waals surface area contributed by atoms with E-state index in [9.17, 15) is 4.79 Å². The fourth-order valence-electron chi connectivity index (χ4n) is 1.98. The lowest BCUT2D eigenvalue weighted by Crippen LogP contribution is -2.10. The van der Waals surface area contributed by atoms with Gasteiger partial charge in [0.25, 0.3) is 5.56 Å². The summed E-state index contributed by atoms with van der Waals surface area (Å²) < 4.78 is 0. The van der Waals surface area contributed by atoms with Gasteiger partial charge in [0.1, 0.15) is 15.7 Å². The van der Waals surface area contributed by atoms with Crippen LogP contribution in [0, 0.1) is 13.8 Å². The molecule has 0 aliphatic carbocycles. The van der Waals surface area contributed by atoms with Gasteiger partial charge >= 0.3 is 0 Å². The Labute approximate surface area is 134 Å². The molecule has 0 aliphatic heterocycles. The summed E-state index contributed by atoms with van der Waals surface area (Å²) in [6.07, 6.45) is 1.69. The molecule has 0 fully saturated rings.